The van der Waals surface area contributed by atoms with Gasteiger partial charge in [-0.15, -0.1) is 11.3 Å². The highest BCUT2D eigenvalue weighted by Gasteiger charge is 1.94. The molecule has 3 nitrogen and oxygen atoms in total. The monoisotopic (exact) mass is 197 g/mol. The van der Waals surface area contributed by atoms with Gasteiger partial charge in [-0.2, -0.15) is 0 Å². The van der Waals surface area contributed by atoms with Crippen LogP contribution in [0.25, 0.3) is 0 Å². The summed E-state index contributed by atoms with van der Waals surface area (Å²) in [5.41, 5.74) is 5.66. The van der Waals surface area contributed by atoms with Gasteiger partial charge < -0.3 is 5.73 Å². The molecule has 0 aliphatic carbocycles. The van der Waals surface area contributed by atoms with Gasteiger partial charge in [-0.25, -0.2) is 4.98 Å². The molecule has 1 heterocycles. The highest BCUT2D eigenvalue weighted by atomic mass is 32.1. The Morgan fingerprint density at radius 3 is 3.15 bits per heavy atom. The average Bonchev–Trinajstić information content (AvgIpc) is 2.57. The van der Waals surface area contributed by atoms with Crippen molar-refractivity contribution in [1.82, 2.24) is 4.98 Å². The van der Waals surface area contributed by atoms with E-state index >= 15 is 0 Å². The van der Waals surface area contributed by atoms with E-state index in [4.69, 9.17) is 5.73 Å². The highest BCUT2D eigenvalue weighted by Crippen LogP contribution is 2.04. The van der Waals surface area contributed by atoms with Gasteiger partial charge in [-0.1, -0.05) is 6.92 Å². The first-order valence-electron chi connectivity index (χ1n) is 4.50. The van der Waals surface area contributed by atoms with Crippen molar-refractivity contribution in [3.8, 4) is 0 Å². The number of aromatic nitrogens is 1. The maximum atomic E-state index is 5.66. The van der Waals surface area contributed by atoms with Crippen LogP contribution in [-0.4, -0.2) is 17.4 Å². The van der Waals surface area contributed by atoms with Gasteiger partial charge in [0.05, 0.1) is 10.8 Å². The maximum Gasteiger partial charge on any atom is 0.0943 e. The predicted molar refractivity (Wildman–Crippen MR) is 57.2 cm³/mol. The summed E-state index contributed by atoms with van der Waals surface area (Å²) in [7, 11) is 0. The fourth-order valence-electron chi connectivity index (χ4n) is 1.01. The third kappa shape index (κ3) is 4.03. The Morgan fingerprint density at radius 1 is 1.69 bits per heavy atom. The van der Waals surface area contributed by atoms with Crippen molar-refractivity contribution in [3.63, 3.8) is 0 Å². The van der Waals surface area contributed by atoms with Crippen molar-refractivity contribution in [3.05, 3.63) is 16.6 Å². The van der Waals surface area contributed by atoms with Crippen molar-refractivity contribution < 1.29 is 0 Å². The molecular formula is C9H15N3S. The zero-order chi connectivity index (χ0) is 9.52. The smallest absolute Gasteiger partial charge is 0.0943 e. The van der Waals surface area contributed by atoms with Crippen LogP contribution in [0.2, 0.25) is 0 Å². The molecule has 0 spiro atoms. The van der Waals surface area contributed by atoms with Crippen LogP contribution >= 0.6 is 11.3 Å². The summed E-state index contributed by atoms with van der Waals surface area (Å²) in [5, 5.41) is 3.11. The van der Waals surface area contributed by atoms with E-state index in [1.807, 2.05) is 11.6 Å². The third-order valence-electron chi connectivity index (χ3n) is 1.63. The minimum Gasteiger partial charge on any atom is -0.387 e. The van der Waals surface area contributed by atoms with E-state index in [0.717, 1.165) is 36.7 Å². The molecule has 1 aromatic rings. The normalized spacial score (nSPS) is 11.9. The Kier molecular flexibility index (Phi) is 4.46. The van der Waals surface area contributed by atoms with Gasteiger partial charge in [0, 0.05) is 31.0 Å². The Labute approximate surface area is 82.7 Å². The van der Waals surface area contributed by atoms with Crippen LogP contribution in [-0.2, 0) is 6.42 Å². The molecule has 2 N–H and O–H groups in total. The van der Waals surface area contributed by atoms with Crippen LogP contribution in [0, 0.1) is 0 Å². The fraction of sp³-hybridized carbons (Fsp3) is 0.556. The second kappa shape index (κ2) is 5.70. The molecule has 72 valence electrons. The standard InChI is InChI=1S/C9H15N3S/c1-2-3-8(10)11-5-4-9-12-6-7-13-9/h6-7H,2-5H2,1H3,(H2,10,11). The molecule has 0 aliphatic rings. The highest BCUT2D eigenvalue weighted by molar-refractivity contribution is 7.09. The van der Waals surface area contributed by atoms with Crippen LogP contribution in [0.5, 0.6) is 0 Å². The number of aliphatic imine (C=N–C) groups is 1. The first kappa shape index (κ1) is 10.2. The molecular weight excluding hydrogens is 182 g/mol. The van der Waals surface area contributed by atoms with Crippen LogP contribution in [0.1, 0.15) is 24.8 Å². The van der Waals surface area contributed by atoms with Gasteiger partial charge in [-0.3, -0.25) is 4.99 Å². The van der Waals surface area contributed by atoms with Gasteiger partial charge in [0.25, 0.3) is 0 Å². The first-order valence-corrected chi connectivity index (χ1v) is 5.38. The number of thiazole rings is 1. The van der Waals surface area contributed by atoms with Crippen molar-refractivity contribution in [2.75, 3.05) is 6.54 Å². The summed E-state index contributed by atoms with van der Waals surface area (Å²) in [6, 6.07) is 0. The minimum atomic E-state index is 0.763. The molecule has 1 aromatic heterocycles. The van der Waals surface area contributed by atoms with Crippen LogP contribution in [0.3, 0.4) is 0 Å². The zero-order valence-electron chi connectivity index (χ0n) is 7.86. The summed E-state index contributed by atoms with van der Waals surface area (Å²) in [6.45, 7) is 2.86. The SMILES string of the molecule is CCCC(N)=NCCc1nccs1. The van der Waals surface area contributed by atoms with Crippen LogP contribution in [0.4, 0.5) is 0 Å². The van der Waals surface area contributed by atoms with E-state index in [1.54, 1.807) is 11.3 Å². The quantitative estimate of drug-likeness (QED) is 0.578. The second-order valence-electron chi connectivity index (χ2n) is 2.80. The summed E-state index contributed by atoms with van der Waals surface area (Å²) in [4.78, 5) is 8.42. The van der Waals surface area contributed by atoms with E-state index < -0.39 is 0 Å². The molecule has 13 heavy (non-hydrogen) atoms. The molecule has 0 saturated heterocycles. The fourth-order valence-corrected chi connectivity index (χ4v) is 1.62. The largest absolute Gasteiger partial charge is 0.387 e. The summed E-state index contributed by atoms with van der Waals surface area (Å²) < 4.78 is 0. The predicted octanol–water partition coefficient (Wildman–Crippen LogP) is 1.84. The first-order chi connectivity index (χ1) is 6.33. The van der Waals surface area contributed by atoms with E-state index in [0.29, 0.717) is 0 Å². The topological polar surface area (TPSA) is 51.3 Å². The molecule has 0 aromatic carbocycles. The Morgan fingerprint density at radius 2 is 2.54 bits per heavy atom. The van der Waals surface area contributed by atoms with Gasteiger partial charge in [0.15, 0.2) is 0 Å². The lowest BCUT2D eigenvalue weighted by Gasteiger charge is -1.96. The lowest BCUT2D eigenvalue weighted by molar-refractivity contribution is 0.919. The van der Waals surface area contributed by atoms with E-state index in [1.165, 1.54) is 0 Å². The van der Waals surface area contributed by atoms with Gasteiger partial charge in [0.1, 0.15) is 0 Å². The zero-order valence-corrected chi connectivity index (χ0v) is 8.68. The molecule has 0 aliphatic heterocycles. The molecule has 0 amide bonds. The van der Waals surface area contributed by atoms with Crippen molar-refractivity contribution in [1.29, 1.82) is 0 Å². The minimum absolute atomic E-state index is 0.763. The van der Waals surface area contributed by atoms with Crippen LogP contribution < -0.4 is 5.73 Å². The van der Waals surface area contributed by atoms with Gasteiger partial charge in [0.2, 0.25) is 0 Å². The lowest BCUT2D eigenvalue weighted by atomic mass is 10.3. The van der Waals surface area contributed by atoms with Crippen molar-refractivity contribution in [2.24, 2.45) is 10.7 Å². The molecule has 4 heteroatoms. The Balaban J connectivity index is 2.24. The molecule has 0 radical (unpaired) electrons. The molecule has 0 saturated carbocycles. The van der Waals surface area contributed by atoms with Crippen LogP contribution in [0.15, 0.2) is 16.6 Å². The summed E-state index contributed by atoms with van der Waals surface area (Å²) in [6.07, 6.45) is 4.69. The second-order valence-corrected chi connectivity index (χ2v) is 3.78. The number of nitrogens with two attached hydrogens (primary N) is 1. The lowest BCUT2D eigenvalue weighted by Crippen LogP contribution is -2.11. The van der Waals surface area contributed by atoms with Gasteiger partial charge >= 0.3 is 0 Å². The van der Waals surface area contributed by atoms with E-state index in [2.05, 4.69) is 16.9 Å². The third-order valence-corrected chi connectivity index (χ3v) is 2.47. The Hall–Kier alpha value is -0.900. The number of rotatable bonds is 5. The summed E-state index contributed by atoms with van der Waals surface area (Å²) in [5.74, 6) is 0.763. The molecule has 0 atom stereocenters. The number of hydrogen-bond acceptors (Lipinski definition) is 3. The number of hydrogen-bond donors (Lipinski definition) is 1. The average molecular weight is 197 g/mol. The molecule has 0 fully saturated rings. The van der Waals surface area contributed by atoms with Crippen molar-refractivity contribution in [2.45, 2.75) is 26.2 Å². The molecule has 0 unspecified atom stereocenters. The number of amidine groups is 1. The number of nitrogens with zero attached hydrogens (tertiary/aromatic N) is 2. The summed E-state index contributed by atoms with van der Waals surface area (Å²) >= 11 is 1.67. The van der Waals surface area contributed by atoms with E-state index in [9.17, 15) is 0 Å². The Bertz CT molecular complexity index is 254. The van der Waals surface area contributed by atoms with Crippen molar-refractivity contribution >= 4 is 17.2 Å². The van der Waals surface area contributed by atoms with E-state index in [-0.39, 0.29) is 0 Å². The molecule has 1 rings (SSSR count). The molecule has 0 bridgehead atoms. The maximum absolute atomic E-state index is 5.66. The van der Waals surface area contributed by atoms with Gasteiger partial charge in [-0.05, 0) is 6.42 Å².